The van der Waals surface area contributed by atoms with E-state index in [1.54, 1.807) is 35.0 Å². The maximum atomic E-state index is 12.6. The number of nitrogens with zero attached hydrogens (tertiary/aromatic N) is 3. The molecule has 0 atom stereocenters. The second kappa shape index (κ2) is 7.72. The third-order valence-electron chi connectivity index (χ3n) is 3.75. The van der Waals surface area contributed by atoms with Crippen molar-refractivity contribution in [2.24, 2.45) is 7.05 Å². The number of amides is 1. The van der Waals surface area contributed by atoms with Crippen LogP contribution >= 0.6 is 22.9 Å². The van der Waals surface area contributed by atoms with Crippen LogP contribution in [0.15, 0.2) is 48.0 Å². The largest absolute Gasteiger partial charge is 0.489 e. The van der Waals surface area contributed by atoms with E-state index in [1.165, 1.54) is 11.3 Å². The summed E-state index contributed by atoms with van der Waals surface area (Å²) in [5, 5.41) is 6.74. The van der Waals surface area contributed by atoms with Gasteiger partial charge in [0.2, 0.25) is 0 Å². The van der Waals surface area contributed by atoms with Gasteiger partial charge in [-0.3, -0.25) is 9.48 Å². The lowest BCUT2D eigenvalue weighted by Gasteiger charge is -2.16. The number of benzene rings is 1. The van der Waals surface area contributed by atoms with Crippen LogP contribution in [0.25, 0.3) is 0 Å². The Morgan fingerprint density at radius 3 is 2.76 bits per heavy atom. The van der Waals surface area contributed by atoms with Crippen molar-refractivity contribution in [2.75, 3.05) is 7.05 Å². The number of hydrogen-bond acceptors (Lipinski definition) is 4. The SMILES string of the molecule is CN(Cc1ccnn1C)C(=O)c1cc(COc2ccc(Cl)cc2)cs1. The summed E-state index contributed by atoms with van der Waals surface area (Å²) in [6.07, 6.45) is 1.73. The van der Waals surface area contributed by atoms with Crippen molar-refractivity contribution < 1.29 is 9.53 Å². The number of carbonyl (C=O) groups is 1. The Morgan fingerprint density at radius 2 is 2.08 bits per heavy atom. The van der Waals surface area contributed by atoms with E-state index in [0.717, 1.165) is 17.0 Å². The average molecular weight is 376 g/mol. The number of halogens is 1. The first-order chi connectivity index (χ1) is 12.0. The zero-order valence-corrected chi connectivity index (χ0v) is 15.5. The minimum Gasteiger partial charge on any atom is -0.489 e. The van der Waals surface area contributed by atoms with Gasteiger partial charge in [0.1, 0.15) is 12.4 Å². The molecular weight excluding hydrogens is 358 g/mol. The zero-order valence-electron chi connectivity index (χ0n) is 14.0. The van der Waals surface area contributed by atoms with Crippen LogP contribution in [-0.2, 0) is 20.2 Å². The molecule has 0 fully saturated rings. The number of thiophene rings is 1. The number of hydrogen-bond donors (Lipinski definition) is 0. The summed E-state index contributed by atoms with van der Waals surface area (Å²) < 4.78 is 7.48. The van der Waals surface area contributed by atoms with Gasteiger partial charge in [-0.1, -0.05) is 11.6 Å². The van der Waals surface area contributed by atoms with Crippen molar-refractivity contribution in [3.05, 3.63) is 69.1 Å². The second-order valence-electron chi connectivity index (χ2n) is 5.67. The van der Waals surface area contributed by atoms with Gasteiger partial charge in [0.25, 0.3) is 5.91 Å². The second-order valence-corrected chi connectivity index (χ2v) is 7.02. The molecule has 25 heavy (non-hydrogen) atoms. The van der Waals surface area contributed by atoms with Gasteiger partial charge in [-0.05, 0) is 41.8 Å². The number of aromatic nitrogens is 2. The Labute approximate surface area is 155 Å². The van der Waals surface area contributed by atoms with Gasteiger partial charge in [0, 0.05) is 30.9 Å². The van der Waals surface area contributed by atoms with Crippen LogP contribution in [0, 0.1) is 0 Å². The predicted molar refractivity (Wildman–Crippen MR) is 99.1 cm³/mol. The van der Waals surface area contributed by atoms with Crippen LogP contribution in [0.3, 0.4) is 0 Å². The highest BCUT2D eigenvalue weighted by Gasteiger charge is 2.16. The summed E-state index contributed by atoms with van der Waals surface area (Å²) in [4.78, 5) is 14.9. The summed E-state index contributed by atoms with van der Waals surface area (Å²) in [7, 11) is 3.66. The Hall–Kier alpha value is -2.31. The minimum absolute atomic E-state index is 0.0102. The molecular formula is C18H18ClN3O2S. The van der Waals surface area contributed by atoms with Crippen LogP contribution in [0.5, 0.6) is 5.75 Å². The third kappa shape index (κ3) is 4.41. The molecule has 5 nitrogen and oxygen atoms in total. The van der Waals surface area contributed by atoms with Gasteiger partial charge in [0.15, 0.2) is 0 Å². The highest BCUT2D eigenvalue weighted by molar-refractivity contribution is 7.12. The first-order valence-electron chi connectivity index (χ1n) is 7.71. The first-order valence-corrected chi connectivity index (χ1v) is 8.97. The minimum atomic E-state index is -0.0102. The van der Waals surface area contributed by atoms with Crippen molar-refractivity contribution in [2.45, 2.75) is 13.2 Å². The number of aryl methyl sites for hydroxylation is 1. The predicted octanol–water partition coefficient (Wildman–Crippen LogP) is 3.99. The van der Waals surface area contributed by atoms with Crippen LogP contribution < -0.4 is 4.74 Å². The molecule has 0 aliphatic heterocycles. The van der Waals surface area contributed by atoms with E-state index in [0.29, 0.717) is 23.1 Å². The maximum absolute atomic E-state index is 12.6. The molecule has 1 amide bonds. The monoisotopic (exact) mass is 375 g/mol. The number of carbonyl (C=O) groups excluding carboxylic acids is 1. The molecule has 0 aliphatic rings. The molecule has 0 spiro atoms. The Bertz CT molecular complexity index is 857. The van der Waals surface area contributed by atoms with Gasteiger partial charge < -0.3 is 9.64 Å². The van der Waals surface area contributed by atoms with Crippen LogP contribution in [0.2, 0.25) is 5.02 Å². The van der Waals surface area contributed by atoms with Crippen molar-refractivity contribution in [1.29, 1.82) is 0 Å². The molecule has 3 rings (SSSR count). The molecule has 0 bridgehead atoms. The Morgan fingerprint density at radius 1 is 1.32 bits per heavy atom. The molecule has 0 unspecified atom stereocenters. The number of ether oxygens (including phenoxy) is 1. The van der Waals surface area contributed by atoms with Crippen molar-refractivity contribution in [3.8, 4) is 5.75 Å². The fraction of sp³-hybridized carbons (Fsp3) is 0.222. The van der Waals surface area contributed by atoms with Gasteiger partial charge in [-0.15, -0.1) is 11.3 Å². The summed E-state index contributed by atoms with van der Waals surface area (Å²) in [6, 6.07) is 11.0. The lowest BCUT2D eigenvalue weighted by molar-refractivity contribution is 0.0786. The molecule has 2 aromatic heterocycles. The van der Waals surface area contributed by atoms with E-state index in [2.05, 4.69) is 5.10 Å². The molecule has 7 heteroatoms. The summed E-state index contributed by atoms with van der Waals surface area (Å²) in [6.45, 7) is 0.931. The van der Waals surface area contributed by atoms with Crippen molar-refractivity contribution in [1.82, 2.24) is 14.7 Å². The lowest BCUT2D eigenvalue weighted by Crippen LogP contribution is -2.26. The standard InChI is InChI=1S/C18H18ClN3O2S/c1-21(10-15-7-8-20-22(15)2)18(23)17-9-13(12-25-17)11-24-16-5-3-14(19)4-6-16/h3-9,12H,10-11H2,1-2H3. The van der Waals surface area contributed by atoms with Gasteiger partial charge in [-0.2, -0.15) is 5.10 Å². The molecule has 0 saturated heterocycles. The summed E-state index contributed by atoms with van der Waals surface area (Å²) in [5.74, 6) is 0.737. The maximum Gasteiger partial charge on any atom is 0.264 e. The molecule has 2 heterocycles. The first kappa shape index (κ1) is 17.5. The van der Waals surface area contributed by atoms with Gasteiger partial charge in [-0.25, -0.2) is 0 Å². The summed E-state index contributed by atoms with van der Waals surface area (Å²) >= 11 is 7.28. The highest BCUT2D eigenvalue weighted by Crippen LogP contribution is 2.21. The van der Waals surface area contributed by atoms with E-state index in [-0.39, 0.29) is 5.91 Å². The number of rotatable bonds is 6. The van der Waals surface area contributed by atoms with Crippen LogP contribution in [0.4, 0.5) is 0 Å². The van der Waals surface area contributed by atoms with Crippen LogP contribution in [-0.4, -0.2) is 27.6 Å². The van der Waals surface area contributed by atoms with Crippen LogP contribution in [0.1, 0.15) is 20.9 Å². The molecule has 0 radical (unpaired) electrons. The molecule has 0 saturated carbocycles. The summed E-state index contributed by atoms with van der Waals surface area (Å²) in [5.41, 5.74) is 1.95. The normalized spacial score (nSPS) is 10.7. The highest BCUT2D eigenvalue weighted by atomic mass is 35.5. The molecule has 0 N–H and O–H groups in total. The lowest BCUT2D eigenvalue weighted by atomic mass is 10.3. The van der Waals surface area contributed by atoms with E-state index >= 15 is 0 Å². The van der Waals surface area contributed by atoms with Gasteiger partial charge in [0.05, 0.1) is 17.1 Å². The topological polar surface area (TPSA) is 47.4 Å². The van der Waals surface area contributed by atoms with E-state index in [1.807, 2.05) is 36.7 Å². The van der Waals surface area contributed by atoms with E-state index in [4.69, 9.17) is 16.3 Å². The Kier molecular flexibility index (Phi) is 5.40. The zero-order chi connectivity index (χ0) is 17.8. The average Bonchev–Trinajstić information content (AvgIpc) is 3.23. The quantitative estimate of drug-likeness (QED) is 0.654. The van der Waals surface area contributed by atoms with E-state index in [9.17, 15) is 4.79 Å². The third-order valence-corrected chi connectivity index (χ3v) is 4.97. The van der Waals surface area contributed by atoms with Crippen molar-refractivity contribution in [3.63, 3.8) is 0 Å². The fourth-order valence-electron chi connectivity index (χ4n) is 2.32. The molecule has 0 aliphatic carbocycles. The fourth-order valence-corrected chi connectivity index (χ4v) is 3.34. The van der Waals surface area contributed by atoms with E-state index < -0.39 is 0 Å². The molecule has 3 aromatic rings. The van der Waals surface area contributed by atoms with Crippen molar-refractivity contribution >= 4 is 28.8 Å². The van der Waals surface area contributed by atoms with Gasteiger partial charge >= 0.3 is 0 Å². The molecule has 130 valence electrons. The Balaban J connectivity index is 1.59. The smallest absolute Gasteiger partial charge is 0.264 e. The molecule has 1 aromatic carbocycles.